The number of hydrogen-bond acceptors (Lipinski definition) is 3. The molecule has 0 aliphatic heterocycles. The van der Waals surface area contributed by atoms with E-state index in [9.17, 15) is 14.3 Å². The minimum atomic E-state index is -1.40. The topological polar surface area (TPSA) is 55.8 Å². The van der Waals surface area contributed by atoms with Crippen LogP contribution in [0.4, 0.5) is 4.39 Å². The molecule has 0 bridgehead atoms. The molecule has 2 aromatic rings. The molecule has 0 amide bonds. The Kier molecular flexibility index (Phi) is 4.20. The standard InChI is InChI=1S/C15H13FO4/c1-19-10-6-8-11(9-7-10)20-14(15(17)18)12-4-2-3-5-13(12)16/h2-9,14H,1H3,(H,17,18). The van der Waals surface area contributed by atoms with E-state index in [4.69, 9.17) is 9.47 Å². The predicted molar refractivity (Wildman–Crippen MR) is 70.4 cm³/mol. The lowest BCUT2D eigenvalue weighted by Crippen LogP contribution is -2.19. The van der Waals surface area contributed by atoms with Crippen LogP contribution in [0.15, 0.2) is 48.5 Å². The molecule has 0 aliphatic rings. The fraction of sp³-hybridized carbons (Fsp3) is 0.133. The number of halogens is 1. The smallest absolute Gasteiger partial charge is 0.349 e. The first-order valence-electron chi connectivity index (χ1n) is 5.89. The van der Waals surface area contributed by atoms with Crippen LogP contribution in [-0.2, 0) is 4.79 Å². The van der Waals surface area contributed by atoms with Crippen LogP contribution in [0, 0.1) is 5.82 Å². The summed E-state index contributed by atoms with van der Waals surface area (Å²) < 4.78 is 24.0. The molecule has 0 aromatic heterocycles. The number of carbonyl (C=O) groups is 1. The van der Waals surface area contributed by atoms with Gasteiger partial charge in [0.25, 0.3) is 0 Å². The first kappa shape index (κ1) is 13.9. The first-order chi connectivity index (χ1) is 9.61. The van der Waals surface area contributed by atoms with E-state index in [0.29, 0.717) is 11.5 Å². The van der Waals surface area contributed by atoms with Crippen molar-refractivity contribution in [3.05, 3.63) is 59.9 Å². The molecule has 2 aromatic carbocycles. The van der Waals surface area contributed by atoms with Crippen molar-refractivity contribution >= 4 is 5.97 Å². The van der Waals surface area contributed by atoms with Crippen molar-refractivity contribution in [3.63, 3.8) is 0 Å². The van der Waals surface area contributed by atoms with Crippen LogP contribution in [0.2, 0.25) is 0 Å². The van der Waals surface area contributed by atoms with Gasteiger partial charge in [0, 0.05) is 5.56 Å². The maximum atomic E-state index is 13.7. The molecular weight excluding hydrogens is 263 g/mol. The average molecular weight is 276 g/mol. The Labute approximate surface area is 115 Å². The summed E-state index contributed by atoms with van der Waals surface area (Å²) in [5, 5.41) is 9.20. The molecule has 104 valence electrons. The number of aliphatic carboxylic acids is 1. The monoisotopic (exact) mass is 276 g/mol. The van der Waals surface area contributed by atoms with Gasteiger partial charge in [0.1, 0.15) is 17.3 Å². The van der Waals surface area contributed by atoms with Gasteiger partial charge in [0.05, 0.1) is 7.11 Å². The molecule has 0 radical (unpaired) electrons. The van der Waals surface area contributed by atoms with E-state index in [-0.39, 0.29) is 5.56 Å². The molecule has 5 heteroatoms. The van der Waals surface area contributed by atoms with E-state index in [1.54, 1.807) is 30.3 Å². The molecule has 0 saturated heterocycles. The number of benzene rings is 2. The predicted octanol–water partition coefficient (Wildman–Crippen LogP) is 3.04. The van der Waals surface area contributed by atoms with Gasteiger partial charge in [-0.1, -0.05) is 18.2 Å². The van der Waals surface area contributed by atoms with E-state index in [1.807, 2.05) is 0 Å². The van der Waals surface area contributed by atoms with Gasteiger partial charge in [0.15, 0.2) is 0 Å². The second kappa shape index (κ2) is 6.06. The number of methoxy groups -OCH3 is 1. The van der Waals surface area contributed by atoms with E-state index < -0.39 is 17.9 Å². The summed E-state index contributed by atoms with van der Waals surface area (Å²) in [6.45, 7) is 0. The van der Waals surface area contributed by atoms with Crippen molar-refractivity contribution < 1.29 is 23.8 Å². The minimum Gasteiger partial charge on any atom is -0.497 e. The zero-order chi connectivity index (χ0) is 14.5. The van der Waals surface area contributed by atoms with E-state index in [2.05, 4.69) is 0 Å². The second-order valence-electron chi connectivity index (χ2n) is 4.03. The second-order valence-corrected chi connectivity index (χ2v) is 4.03. The highest BCUT2D eigenvalue weighted by atomic mass is 19.1. The maximum absolute atomic E-state index is 13.7. The van der Waals surface area contributed by atoms with Gasteiger partial charge in [-0.3, -0.25) is 0 Å². The highest BCUT2D eigenvalue weighted by molar-refractivity contribution is 5.75. The van der Waals surface area contributed by atoms with Crippen LogP contribution in [0.25, 0.3) is 0 Å². The van der Waals surface area contributed by atoms with Gasteiger partial charge in [-0.25, -0.2) is 9.18 Å². The number of carboxylic acids is 1. The van der Waals surface area contributed by atoms with Crippen LogP contribution in [-0.4, -0.2) is 18.2 Å². The Morgan fingerprint density at radius 3 is 2.25 bits per heavy atom. The molecule has 0 aliphatic carbocycles. The summed E-state index contributed by atoms with van der Waals surface area (Å²) in [6.07, 6.45) is -1.40. The first-order valence-corrected chi connectivity index (χ1v) is 5.89. The van der Waals surface area contributed by atoms with Crippen molar-refractivity contribution in [2.45, 2.75) is 6.10 Å². The van der Waals surface area contributed by atoms with E-state index >= 15 is 0 Å². The SMILES string of the molecule is COc1ccc(OC(C(=O)O)c2ccccc2F)cc1. The van der Waals surface area contributed by atoms with Gasteiger partial charge < -0.3 is 14.6 Å². The highest BCUT2D eigenvalue weighted by Gasteiger charge is 2.24. The van der Waals surface area contributed by atoms with Crippen molar-refractivity contribution in [1.82, 2.24) is 0 Å². The van der Waals surface area contributed by atoms with Crippen LogP contribution in [0.1, 0.15) is 11.7 Å². The maximum Gasteiger partial charge on any atom is 0.349 e. The van der Waals surface area contributed by atoms with Crippen LogP contribution in [0.5, 0.6) is 11.5 Å². The molecule has 0 fully saturated rings. The van der Waals surface area contributed by atoms with Crippen molar-refractivity contribution in [2.75, 3.05) is 7.11 Å². The van der Waals surface area contributed by atoms with Crippen molar-refractivity contribution in [1.29, 1.82) is 0 Å². The van der Waals surface area contributed by atoms with Crippen molar-refractivity contribution in [2.24, 2.45) is 0 Å². The van der Waals surface area contributed by atoms with E-state index in [0.717, 1.165) is 0 Å². The lowest BCUT2D eigenvalue weighted by molar-refractivity contribution is -0.145. The Bertz CT molecular complexity index is 595. The average Bonchev–Trinajstić information content (AvgIpc) is 2.46. The molecule has 1 atom stereocenters. The fourth-order valence-electron chi connectivity index (χ4n) is 1.73. The van der Waals surface area contributed by atoms with Gasteiger partial charge in [-0.15, -0.1) is 0 Å². The molecule has 0 saturated carbocycles. The normalized spacial score (nSPS) is 11.7. The van der Waals surface area contributed by atoms with Gasteiger partial charge in [-0.05, 0) is 30.3 Å². The molecule has 4 nitrogen and oxygen atoms in total. The fourth-order valence-corrected chi connectivity index (χ4v) is 1.73. The summed E-state index contributed by atoms with van der Waals surface area (Å²) in [4.78, 5) is 11.3. The largest absolute Gasteiger partial charge is 0.497 e. The van der Waals surface area contributed by atoms with Crippen molar-refractivity contribution in [3.8, 4) is 11.5 Å². The molecular formula is C15H13FO4. The summed E-state index contributed by atoms with van der Waals surface area (Å²) in [6, 6.07) is 12.0. The molecule has 0 heterocycles. The summed E-state index contributed by atoms with van der Waals surface area (Å²) in [5.74, 6) is -0.934. The summed E-state index contributed by atoms with van der Waals surface area (Å²) >= 11 is 0. The molecule has 20 heavy (non-hydrogen) atoms. The number of hydrogen-bond donors (Lipinski definition) is 1. The minimum absolute atomic E-state index is 0.0178. The molecule has 1 unspecified atom stereocenters. The quantitative estimate of drug-likeness (QED) is 0.912. The Morgan fingerprint density at radius 2 is 1.70 bits per heavy atom. The molecule has 0 spiro atoms. The third kappa shape index (κ3) is 3.06. The van der Waals surface area contributed by atoms with Crippen LogP contribution in [0.3, 0.4) is 0 Å². The molecule has 1 N–H and O–H groups in total. The third-order valence-electron chi connectivity index (χ3n) is 2.73. The number of rotatable bonds is 5. The van der Waals surface area contributed by atoms with Gasteiger partial charge in [0.2, 0.25) is 6.10 Å². The summed E-state index contributed by atoms with van der Waals surface area (Å²) in [5.41, 5.74) is -0.0178. The highest BCUT2D eigenvalue weighted by Crippen LogP contribution is 2.25. The molecule has 2 rings (SSSR count). The van der Waals surface area contributed by atoms with E-state index in [1.165, 1.54) is 25.3 Å². The van der Waals surface area contributed by atoms with Gasteiger partial charge >= 0.3 is 5.97 Å². The summed E-state index contributed by atoms with van der Waals surface area (Å²) in [7, 11) is 1.52. The Hall–Kier alpha value is -2.56. The van der Waals surface area contributed by atoms with Crippen LogP contribution < -0.4 is 9.47 Å². The Morgan fingerprint density at radius 1 is 1.10 bits per heavy atom. The third-order valence-corrected chi connectivity index (χ3v) is 2.73. The number of ether oxygens (including phenoxy) is 2. The lowest BCUT2D eigenvalue weighted by atomic mass is 10.1. The van der Waals surface area contributed by atoms with Crippen LogP contribution >= 0.6 is 0 Å². The zero-order valence-electron chi connectivity index (χ0n) is 10.7. The van der Waals surface area contributed by atoms with Gasteiger partial charge in [-0.2, -0.15) is 0 Å². The zero-order valence-corrected chi connectivity index (χ0v) is 10.7. The Balaban J connectivity index is 2.26. The lowest BCUT2D eigenvalue weighted by Gasteiger charge is -2.16. The number of carboxylic acid groups (broad SMARTS) is 1.